The lowest BCUT2D eigenvalue weighted by Gasteiger charge is -2.13. The first-order chi connectivity index (χ1) is 8.54. The fourth-order valence-corrected chi connectivity index (χ4v) is 2.33. The Bertz CT molecular complexity index is 432. The lowest BCUT2D eigenvalue weighted by Crippen LogP contribution is -2.22. The molecule has 0 aliphatic heterocycles. The predicted molar refractivity (Wildman–Crippen MR) is 74.1 cm³/mol. The minimum absolute atomic E-state index is 0.0764. The van der Waals surface area contributed by atoms with Crippen molar-refractivity contribution in [1.82, 2.24) is 0 Å². The summed E-state index contributed by atoms with van der Waals surface area (Å²) in [4.78, 5) is 11.7. The molecular formula is C13H19NO3S. The Balaban J connectivity index is 2.67. The van der Waals surface area contributed by atoms with Crippen LogP contribution in [0.3, 0.4) is 0 Å². The van der Waals surface area contributed by atoms with Gasteiger partial charge in [0.05, 0.1) is 6.61 Å². The first-order valence-electron chi connectivity index (χ1n) is 5.89. The van der Waals surface area contributed by atoms with Crippen molar-refractivity contribution in [2.75, 3.05) is 23.4 Å². The summed E-state index contributed by atoms with van der Waals surface area (Å²) in [7, 11) is -1.30. The molecule has 0 saturated carbocycles. The fourth-order valence-electron chi connectivity index (χ4n) is 1.62. The molecule has 1 amide bonds. The lowest BCUT2D eigenvalue weighted by molar-refractivity contribution is -0.113. The van der Waals surface area contributed by atoms with Crippen LogP contribution in [0.5, 0.6) is 0 Å². The number of aliphatic hydroxyl groups is 1. The first kappa shape index (κ1) is 14.9. The summed E-state index contributed by atoms with van der Waals surface area (Å²) < 4.78 is 11.4. The molecular weight excluding hydrogens is 250 g/mol. The van der Waals surface area contributed by atoms with E-state index in [1.54, 1.807) is 0 Å². The van der Waals surface area contributed by atoms with Gasteiger partial charge in [-0.25, -0.2) is 0 Å². The molecule has 100 valence electrons. The van der Waals surface area contributed by atoms with Gasteiger partial charge in [-0.3, -0.25) is 9.00 Å². The second-order valence-corrected chi connectivity index (χ2v) is 5.88. The molecule has 1 unspecified atom stereocenters. The van der Waals surface area contributed by atoms with E-state index in [-0.39, 0.29) is 24.0 Å². The van der Waals surface area contributed by atoms with Crippen LogP contribution < -0.4 is 5.32 Å². The maximum Gasteiger partial charge on any atom is 0.236 e. The van der Waals surface area contributed by atoms with Crippen LogP contribution in [0.1, 0.15) is 25.3 Å². The summed E-state index contributed by atoms with van der Waals surface area (Å²) in [5.74, 6) is 0.0889. The maximum atomic E-state index is 11.7. The van der Waals surface area contributed by atoms with Gasteiger partial charge in [0.15, 0.2) is 0 Å². The third kappa shape index (κ3) is 4.58. The van der Waals surface area contributed by atoms with Gasteiger partial charge < -0.3 is 10.4 Å². The van der Waals surface area contributed by atoms with Gasteiger partial charge in [-0.2, -0.15) is 0 Å². The topological polar surface area (TPSA) is 66.4 Å². The van der Waals surface area contributed by atoms with Gasteiger partial charge in [-0.15, -0.1) is 0 Å². The molecule has 0 radical (unpaired) electrons. The van der Waals surface area contributed by atoms with Crippen molar-refractivity contribution in [2.24, 2.45) is 0 Å². The van der Waals surface area contributed by atoms with Crippen molar-refractivity contribution in [3.63, 3.8) is 0 Å². The van der Waals surface area contributed by atoms with Crippen LogP contribution in [0.2, 0.25) is 0 Å². The maximum absolute atomic E-state index is 11.7. The zero-order valence-corrected chi connectivity index (χ0v) is 11.5. The van der Waals surface area contributed by atoms with E-state index in [0.717, 1.165) is 11.3 Å². The Morgan fingerprint density at radius 1 is 1.39 bits per heavy atom. The number of rotatable bonds is 6. The summed E-state index contributed by atoms with van der Waals surface area (Å²) in [5, 5.41) is 11.4. The number of para-hydroxylation sites is 1. The van der Waals surface area contributed by atoms with E-state index >= 15 is 0 Å². The molecule has 1 atom stereocenters. The van der Waals surface area contributed by atoms with Gasteiger partial charge in [0.25, 0.3) is 0 Å². The Kier molecular flexibility index (Phi) is 6.01. The zero-order valence-electron chi connectivity index (χ0n) is 10.7. The van der Waals surface area contributed by atoms with E-state index in [0.29, 0.717) is 5.92 Å². The molecule has 0 heterocycles. The van der Waals surface area contributed by atoms with Crippen molar-refractivity contribution in [3.05, 3.63) is 29.8 Å². The van der Waals surface area contributed by atoms with Crippen molar-refractivity contribution in [2.45, 2.75) is 19.8 Å². The van der Waals surface area contributed by atoms with E-state index in [4.69, 9.17) is 5.11 Å². The van der Waals surface area contributed by atoms with Crippen LogP contribution in [0, 0.1) is 0 Å². The van der Waals surface area contributed by atoms with E-state index in [9.17, 15) is 9.00 Å². The molecule has 0 bridgehead atoms. The van der Waals surface area contributed by atoms with Crippen LogP contribution in [-0.4, -0.2) is 33.3 Å². The van der Waals surface area contributed by atoms with Gasteiger partial charge in [0.2, 0.25) is 5.91 Å². The molecule has 4 nitrogen and oxygen atoms in total. The number of benzene rings is 1. The van der Waals surface area contributed by atoms with Crippen LogP contribution in [0.25, 0.3) is 0 Å². The molecule has 0 saturated heterocycles. The standard InChI is InChI=1S/C13H19NO3S/c1-10(2)11-5-3-4-6-12(11)14-13(16)9-18(17)8-7-15/h3-6,10,15H,7-9H2,1-2H3,(H,14,16). The number of carbonyl (C=O) groups is 1. The van der Waals surface area contributed by atoms with E-state index in [1.807, 2.05) is 24.3 Å². The molecule has 0 aliphatic rings. The van der Waals surface area contributed by atoms with Crippen LogP contribution in [-0.2, 0) is 15.6 Å². The highest BCUT2D eigenvalue weighted by Crippen LogP contribution is 2.23. The molecule has 18 heavy (non-hydrogen) atoms. The average Bonchev–Trinajstić information content (AvgIpc) is 2.29. The Morgan fingerprint density at radius 2 is 2.06 bits per heavy atom. The molecule has 5 heteroatoms. The highest BCUT2D eigenvalue weighted by molar-refractivity contribution is 7.85. The second kappa shape index (κ2) is 7.28. The predicted octanol–water partition coefficient (Wildman–Crippen LogP) is 1.49. The molecule has 0 aromatic heterocycles. The molecule has 1 rings (SSSR count). The quantitative estimate of drug-likeness (QED) is 0.822. The normalized spacial score (nSPS) is 12.4. The van der Waals surface area contributed by atoms with Crippen molar-refractivity contribution in [1.29, 1.82) is 0 Å². The minimum Gasteiger partial charge on any atom is -0.395 e. The van der Waals surface area contributed by atoms with Crippen LogP contribution in [0.15, 0.2) is 24.3 Å². The molecule has 1 aromatic carbocycles. The van der Waals surface area contributed by atoms with Gasteiger partial charge in [-0.1, -0.05) is 32.0 Å². The molecule has 0 aliphatic carbocycles. The summed E-state index contributed by atoms with van der Waals surface area (Å²) in [5.41, 5.74) is 1.82. The van der Waals surface area contributed by atoms with Crippen molar-refractivity contribution < 1.29 is 14.1 Å². The fraction of sp³-hybridized carbons (Fsp3) is 0.462. The van der Waals surface area contributed by atoms with Gasteiger partial charge in [0, 0.05) is 22.2 Å². The third-order valence-corrected chi connectivity index (χ3v) is 3.69. The minimum atomic E-state index is -1.30. The zero-order chi connectivity index (χ0) is 13.5. The summed E-state index contributed by atoms with van der Waals surface area (Å²) in [6.45, 7) is 3.94. The monoisotopic (exact) mass is 269 g/mol. The van der Waals surface area contributed by atoms with Crippen molar-refractivity contribution in [3.8, 4) is 0 Å². The summed E-state index contributed by atoms with van der Waals surface area (Å²) in [6.07, 6.45) is 0. The second-order valence-electron chi connectivity index (χ2n) is 4.30. The average molecular weight is 269 g/mol. The highest BCUT2D eigenvalue weighted by Gasteiger charge is 2.11. The molecule has 0 spiro atoms. The van der Waals surface area contributed by atoms with Gasteiger partial charge >= 0.3 is 0 Å². The van der Waals surface area contributed by atoms with E-state index < -0.39 is 10.8 Å². The number of hydrogen-bond acceptors (Lipinski definition) is 3. The largest absolute Gasteiger partial charge is 0.395 e. The van der Waals surface area contributed by atoms with Crippen LogP contribution in [0.4, 0.5) is 5.69 Å². The van der Waals surface area contributed by atoms with Gasteiger partial charge in [-0.05, 0) is 17.5 Å². The number of hydrogen-bond donors (Lipinski definition) is 2. The smallest absolute Gasteiger partial charge is 0.236 e. The summed E-state index contributed by atoms with van der Waals surface area (Å²) >= 11 is 0. The number of nitrogens with one attached hydrogen (secondary N) is 1. The first-order valence-corrected chi connectivity index (χ1v) is 7.38. The number of anilines is 1. The molecule has 1 aromatic rings. The number of amides is 1. The van der Waals surface area contributed by atoms with Crippen molar-refractivity contribution >= 4 is 22.4 Å². The Hall–Kier alpha value is -1.20. The number of aliphatic hydroxyl groups excluding tert-OH is 1. The highest BCUT2D eigenvalue weighted by atomic mass is 32.2. The molecule has 0 fully saturated rings. The number of carbonyl (C=O) groups excluding carboxylic acids is 1. The van der Waals surface area contributed by atoms with E-state index in [2.05, 4.69) is 19.2 Å². The van der Waals surface area contributed by atoms with Gasteiger partial charge in [0.1, 0.15) is 5.75 Å². The Morgan fingerprint density at radius 3 is 2.67 bits per heavy atom. The van der Waals surface area contributed by atoms with E-state index in [1.165, 1.54) is 0 Å². The third-order valence-electron chi connectivity index (χ3n) is 2.47. The summed E-state index contributed by atoms with van der Waals surface area (Å²) in [6, 6.07) is 7.58. The molecule has 2 N–H and O–H groups in total. The SMILES string of the molecule is CC(C)c1ccccc1NC(=O)CS(=O)CCO. The Labute approximate surface area is 110 Å². The van der Waals surface area contributed by atoms with Crippen LogP contribution >= 0.6 is 0 Å². The lowest BCUT2D eigenvalue weighted by atomic mass is 10.0.